The van der Waals surface area contributed by atoms with E-state index in [1.54, 1.807) is 7.11 Å². The van der Waals surface area contributed by atoms with Crippen molar-refractivity contribution in [1.29, 1.82) is 0 Å². The fourth-order valence-electron chi connectivity index (χ4n) is 3.86. The Labute approximate surface area is 160 Å². The van der Waals surface area contributed by atoms with Crippen LogP contribution >= 0.6 is 0 Å². The van der Waals surface area contributed by atoms with E-state index in [0.717, 1.165) is 32.6 Å². The third kappa shape index (κ3) is 3.98. The SMILES string of the molecule is COc1cccc(C(=O)N2CCN(C3CC(c4ccccc4)NN3)CC2)c1. The maximum absolute atomic E-state index is 12.8. The summed E-state index contributed by atoms with van der Waals surface area (Å²) in [5.74, 6) is 0.792. The number of carbonyl (C=O) groups excluding carboxylic acids is 1. The Morgan fingerprint density at radius 3 is 2.52 bits per heavy atom. The van der Waals surface area contributed by atoms with Gasteiger partial charge < -0.3 is 9.64 Å². The van der Waals surface area contributed by atoms with Crippen molar-refractivity contribution in [1.82, 2.24) is 20.7 Å². The number of hydrazine groups is 1. The zero-order chi connectivity index (χ0) is 18.6. The van der Waals surface area contributed by atoms with Crippen molar-refractivity contribution in [2.75, 3.05) is 33.3 Å². The molecule has 2 aliphatic heterocycles. The lowest BCUT2D eigenvalue weighted by Gasteiger charge is -2.37. The summed E-state index contributed by atoms with van der Waals surface area (Å²) < 4.78 is 5.23. The minimum absolute atomic E-state index is 0.0771. The molecule has 142 valence electrons. The molecule has 4 rings (SSSR count). The molecule has 27 heavy (non-hydrogen) atoms. The van der Waals surface area contributed by atoms with Gasteiger partial charge in [0.1, 0.15) is 5.75 Å². The van der Waals surface area contributed by atoms with Crippen LogP contribution < -0.4 is 15.6 Å². The van der Waals surface area contributed by atoms with Crippen LogP contribution in [0, 0.1) is 0 Å². The van der Waals surface area contributed by atoms with Gasteiger partial charge >= 0.3 is 0 Å². The fourth-order valence-corrected chi connectivity index (χ4v) is 3.86. The van der Waals surface area contributed by atoms with Crippen LogP contribution in [-0.2, 0) is 0 Å². The average molecular weight is 366 g/mol. The van der Waals surface area contributed by atoms with Crippen LogP contribution in [0.25, 0.3) is 0 Å². The number of amides is 1. The maximum Gasteiger partial charge on any atom is 0.254 e. The van der Waals surface area contributed by atoms with E-state index in [4.69, 9.17) is 4.74 Å². The Hall–Kier alpha value is -2.41. The van der Waals surface area contributed by atoms with Gasteiger partial charge in [0, 0.05) is 37.8 Å². The number of hydrogen-bond acceptors (Lipinski definition) is 5. The largest absolute Gasteiger partial charge is 0.497 e. The van der Waals surface area contributed by atoms with E-state index in [-0.39, 0.29) is 5.91 Å². The summed E-state index contributed by atoms with van der Waals surface area (Å²) in [6.45, 7) is 3.22. The van der Waals surface area contributed by atoms with Crippen molar-refractivity contribution in [3.05, 3.63) is 65.7 Å². The molecular formula is C21H26N4O2. The van der Waals surface area contributed by atoms with Crippen molar-refractivity contribution in [2.24, 2.45) is 0 Å². The van der Waals surface area contributed by atoms with Crippen LogP contribution in [-0.4, -0.2) is 55.2 Å². The summed E-state index contributed by atoms with van der Waals surface area (Å²) in [7, 11) is 1.62. The average Bonchev–Trinajstić information content (AvgIpc) is 3.24. The van der Waals surface area contributed by atoms with Crippen LogP contribution in [0.4, 0.5) is 0 Å². The summed E-state index contributed by atoms with van der Waals surface area (Å²) in [4.78, 5) is 17.1. The number of methoxy groups -OCH3 is 1. The second kappa shape index (κ2) is 8.08. The van der Waals surface area contributed by atoms with Gasteiger partial charge in [-0.2, -0.15) is 0 Å². The Kier molecular flexibility index (Phi) is 5.38. The lowest BCUT2D eigenvalue weighted by molar-refractivity contribution is 0.0544. The molecule has 2 fully saturated rings. The molecule has 2 N–H and O–H groups in total. The molecule has 0 aliphatic carbocycles. The highest BCUT2D eigenvalue weighted by molar-refractivity contribution is 5.94. The van der Waals surface area contributed by atoms with Gasteiger partial charge in [-0.05, 0) is 30.2 Å². The minimum atomic E-state index is 0.0771. The molecule has 6 nitrogen and oxygen atoms in total. The van der Waals surface area contributed by atoms with Crippen molar-refractivity contribution in [3.63, 3.8) is 0 Å². The summed E-state index contributed by atoms with van der Waals surface area (Å²) in [5.41, 5.74) is 8.82. The van der Waals surface area contributed by atoms with Gasteiger partial charge in [-0.1, -0.05) is 36.4 Å². The number of nitrogens with zero attached hydrogens (tertiary/aromatic N) is 2. The first kappa shape index (κ1) is 18.0. The Morgan fingerprint density at radius 1 is 1.00 bits per heavy atom. The third-order valence-electron chi connectivity index (χ3n) is 5.44. The second-order valence-electron chi connectivity index (χ2n) is 7.06. The lowest BCUT2D eigenvalue weighted by Crippen LogP contribution is -2.55. The molecule has 2 aromatic carbocycles. The molecule has 6 heteroatoms. The molecule has 1 amide bonds. The topological polar surface area (TPSA) is 56.8 Å². The molecule has 0 aromatic heterocycles. The summed E-state index contributed by atoms with van der Waals surface area (Å²) in [6.07, 6.45) is 1.32. The van der Waals surface area contributed by atoms with Crippen LogP contribution in [0.2, 0.25) is 0 Å². The Morgan fingerprint density at radius 2 is 1.78 bits per heavy atom. The van der Waals surface area contributed by atoms with E-state index in [1.807, 2.05) is 35.2 Å². The van der Waals surface area contributed by atoms with Crippen LogP contribution in [0.5, 0.6) is 5.75 Å². The smallest absolute Gasteiger partial charge is 0.254 e. The van der Waals surface area contributed by atoms with Crippen molar-refractivity contribution in [3.8, 4) is 5.75 Å². The normalized spacial score (nSPS) is 23.4. The lowest BCUT2D eigenvalue weighted by atomic mass is 10.0. The van der Waals surface area contributed by atoms with Crippen molar-refractivity contribution >= 4 is 5.91 Å². The highest BCUT2D eigenvalue weighted by atomic mass is 16.5. The number of nitrogens with one attached hydrogen (secondary N) is 2. The first-order valence-corrected chi connectivity index (χ1v) is 9.48. The number of ether oxygens (including phenoxy) is 1. The second-order valence-corrected chi connectivity index (χ2v) is 7.06. The molecule has 2 aliphatic rings. The zero-order valence-electron chi connectivity index (χ0n) is 15.6. The number of piperazine rings is 1. The van der Waals surface area contributed by atoms with E-state index < -0.39 is 0 Å². The highest BCUT2D eigenvalue weighted by Crippen LogP contribution is 2.24. The predicted octanol–water partition coefficient (Wildman–Crippen LogP) is 2.02. The molecule has 2 atom stereocenters. The summed E-state index contributed by atoms with van der Waals surface area (Å²) >= 11 is 0. The van der Waals surface area contributed by atoms with E-state index in [0.29, 0.717) is 23.5 Å². The van der Waals surface area contributed by atoms with Gasteiger partial charge in [-0.25, -0.2) is 10.9 Å². The van der Waals surface area contributed by atoms with Crippen LogP contribution in [0.3, 0.4) is 0 Å². The van der Waals surface area contributed by atoms with Gasteiger partial charge in [0.05, 0.1) is 13.3 Å². The standard InChI is InChI=1S/C21H26N4O2/c1-27-18-9-5-8-17(14-18)21(26)25-12-10-24(11-13-25)20-15-19(22-23-20)16-6-3-2-4-7-16/h2-9,14,19-20,22-23H,10-13,15H2,1H3. The first-order chi connectivity index (χ1) is 13.2. The summed E-state index contributed by atoms with van der Waals surface area (Å²) in [5, 5.41) is 0. The number of rotatable bonds is 4. The molecule has 2 unspecified atom stereocenters. The fraction of sp³-hybridized carbons (Fsp3) is 0.381. The van der Waals surface area contributed by atoms with Gasteiger partial charge in [-0.3, -0.25) is 9.69 Å². The maximum atomic E-state index is 12.8. The quantitative estimate of drug-likeness (QED) is 0.867. The first-order valence-electron chi connectivity index (χ1n) is 9.48. The minimum Gasteiger partial charge on any atom is -0.497 e. The molecule has 2 heterocycles. The number of carbonyl (C=O) groups is 1. The third-order valence-corrected chi connectivity index (χ3v) is 5.44. The summed E-state index contributed by atoms with van der Waals surface area (Å²) in [6, 6.07) is 18.2. The van der Waals surface area contributed by atoms with Gasteiger partial charge in [0.15, 0.2) is 0 Å². The van der Waals surface area contributed by atoms with Crippen molar-refractivity contribution in [2.45, 2.75) is 18.6 Å². The Bertz CT molecular complexity index is 775. The molecular weight excluding hydrogens is 340 g/mol. The van der Waals surface area contributed by atoms with E-state index in [9.17, 15) is 4.79 Å². The Balaban J connectivity index is 1.32. The molecule has 2 saturated heterocycles. The van der Waals surface area contributed by atoms with Gasteiger partial charge in [0.25, 0.3) is 5.91 Å². The van der Waals surface area contributed by atoms with Crippen LogP contribution in [0.1, 0.15) is 28.4 Å². The molecule has 0 radical (unpaired) electrons. The number of benzene rings is 2. The zero-order valence-corrected chi connectivity index (χ0v) is 15.6. The van der Waals surface area contributed by atoms with Crippen LogP contribution in [0.15, 0.2) is 54.6 Å². The predicted molar refractivity (Wildman–Crippen MR) is 104 cm³/mol. The van der Waals surface area contributed by atoms with Crippen molar-refractivity contribution < 1.29 is 9.53 Å². The molecule has 0 bridgehead atoms. The van der Waals surface area contributed by atoms with Gasteiger partial charge in [0.2, 0.25) is 0 Å². The van der Waals surface area contributed by atoms with E-state index in [2.05, 4.69) is 40.0 Å². The molecule has 0 saturated carbocycles. The molecule has 2 aromatic rings. The van der Waals surface area contributed by atoms with Gasteiger partial charge in [-0.15, -0.1) is 0 Å². The van der Waals surface area contributed by atoms with E-state index >= 15 is 0 Å². The molecule has 0 spiro atoms. The highest BCUT2D eigenvalue weighted by Gasteiger charge is 2.32. The van der Waals surface area contributed by atoms with E-state index in [1.165, 1.54) is 5.56 Å². The number of hydrogen-bond donors (Lipinski definition) is 2. The monoisotopic (exact) mass is 366 g/mol.